The van der Waals surface area contributed by atoms with E-state index in [1.54, 1.807) is 11.9 Å². The number of carboxylic acids is 1. The Bertz CT molecular complexity index is 430. The normalized spacial score (nSPS) is 12.2. The number of carbonyl (C=O) groups is 2. The van der Waals surface area contributed by atoms with E-state index in [4.69, 9.17) is 5.11 Å². The van der Waals surface area contributed by atoms with Gasteiger partial charge in [0.05, 0.1) is 6.20 Å². The molecule has 1 rings (SSSR count). The second kappa shape index (κ2) is 6.13. The lowest BCUT2D eigenvalue weighted by Crippen LogP contribution is -2.35. The van der Waals surface area contributed by atoms with Crippen molar-refractivity contribution in [2.24, 2.45) is 0 Å². The molecule has 1 atom stereocenters. The molecule has 0 aliphatic rings. The third-order valence-electron chi connectivity index (χ3n) is 2.74. The van der Waals surface area contributed by atoms with Gasteiger partial charge < -0.3 is 10.0 Å². The Morgan fingerprint density at radius 3 is 2.78 bits per heavy atom. The van der Waals surface area contributed by atoms with Crippen molar-refractivity contribution < 1.29 is 14.7 Å². The van der Waals surface area contributed by atoms with Crippen LogP contribution < -0.4 is 0 Å². The van der Waals surface area contributed by atoms with E-state index in [0.29, 0.717) is 0 Å². The summed E-state index contributed by atoms with van der Waals surface area (Å²) in [6, 6.07) is 0.118. The Kier molecular flexibility index (Phi) is 4.82. The fourth-order valence-electron chi connectivity index (χ4n) is 1.60. The number of carboxylic acid groups (broad SMARTS) is 1. The molecule has 1 amide bonds. The van der Waals surface area contributed by atoms with Crippen molar-refractivity contribution in [3.8, 4) is 0 Å². The first-order valence-electron chi connectivity index (χ1n) is 5.84. The van der Waals surface area contributed by atoms with Crippen molar-refractivity contribution in [3.05, 3.63) is 11.9 Å². The molecule has 0 fully saturated rings. The maximum absolute atomic E-state index is 12.0. The van der Waals surface area contributed by atoms with E-state index in [2.05, 4.69) is 17.2 Å². The van der Waals surface area contributed by atoms with E-state index in [9.17, 15) is 9.59 Å². The summed E-state index contributed by atoms with van der Waals surface area (Å²) in [5.41, 5.74) is 0.168. The molecule has 1 unspecified atom stereocenters. The predicted molar refractivity (Wildman–Crippen MR) is 64.1 cm³/mol. The molecule has 7 heteroatoms. The molecule has 0 aliphatic carbocycles. The highest BCUT2D eigenvalue weighted by molar-refractivity contribution is 5.92. The second-order valence-corrected chi connectivity index (χ2v) is 4.25. The first-order chi connectivity index (χ1) is 8.45. The lowest BCUT2D eigenvalue weighted by atomic mass is 10.1. The average Bonchev–Trinajstić information content (AvgIpc) is 2.75. The van der Waals surface area contributed by atoms with Crippen LogP contribution in [0.25, 0.3) is 0 Å². The van der Waals surface area contributed by atoms with Crippen molar-refractivity contribution in [1.29, 1.82) is 0 Å². The van der Waals surface area contributed by atoms with Crippen LogP contribution in [-0.2, 0) is 11.3 Å². The maximum Gasteiger partial charge on any atom is 0.325 e. The minimum absolute atomic E-state index is 0.118. The van der Waals surface area contributed by atoms with Gasteiger partial charge >= 0.3 is 5.97 Å². The maximum atomic E-state index is 12.0. The van der Waals surface area contributed by atoms with Gasteiger partial charge in [-0.1, -0.05) is 18.6 Å². The molecule has 1 N–H and O–H groups in total. The van der Waals surface area contributed by atoms with Gasteiger partial charge in [0.25, 0.3) is 5.91 Å². The minimum atomic E-state index is -1.02. The number of aliphatic carboxylic acids is 1. The third kappa shape index (κ3) is 3.54. The van der Waals surface area contributed by atoms with Crippen LogP contribution in [0.1, 0.15) is 37.2 Å². The Hall–Kier alpha value is -1.92. The zero-order chi connectivity index (χ0) is 13.7. The smallest absolute Gasteiger partial charge is 0.325 e. The molecule has 1 aromatic heterocycles. The zero-order valence-corrected chi connectivity index (χ0v) is 10.8. The number of rotatable bonds is 6. The molecule has 0 saturated heterocycles. The van der Waals surface area contributed by atoms with Crippen molar-refractivity contribution in [2.45, 2.75) is 39.3 Å². The second-order valence-electron chi connectivity index (χ2n) is 4.25. The lowest BCUT2D eigenvalue weighted by Gasteiger charge is -2.23. The van der Waals surface area contributed by atoms with E-state index >= 15 is 0 Å². The van der Waals surface area contributed by atoms with Crippen LogP contribution in [0.15, 0.2) is 6.20 Å². The summed E-state index contributed by atoms with van der Waals surface area (Å²) in [6.07, 6.45) is 3.25. The number of nitrogens with zero attached hydrogens (tertiary/aromatic N) is 4. The number of amides is 1. The molecule has 0 radical (unpaired) electrons. The highest BCUT2D eigenvalue weighted by Crippen LogP contribution is 2.08. The molecule has 7 nitrogen and oxygen atoms in total. The third-order valence-corrected chi connectivity index (χ3v) is 2.74. The highest BCUT2D eigenvalue weighted by atomic mass is 16.4. The van der Waals surface area contributed by atoms with Gasteiger partial charge in [0.1, 0.15) is 6.54 Å². The molecule has 1 aromatic rings. The summed E-state index contributed by atoms with van der Waals surface area (Å²) >= 11 is 0. The topological polar surface area (TPSA) is 88.3 Å². The van der Waals surface area contributed by atoms with Crippen molar-refractivity contribution >= 4 is 11.9 Å². The summed E-state index contributed by atoms with van der Waals surface area (Å²) in [4.78, 5) is 24.1. The van der Waals surface area contributed by atoms with Crippen LogP contribution in [0.5, 0.6) is 0 Å². The Morgan fingerprint density at radius 2 is 2.22 bits per heavy atom. The summed E-state index contributed by atoms with van der Waals surface area (Å²) in [5.74, 6) is -1.26. The fourth-order valence-corrected chi connectivity index (χ4v) is 1.60. The number of aromatic nitrogens is 3. The van der Waals surface area contributed by atoms with E-state index in [0.717, 1.165) is 17.5 Å². The van der Waals surface area contributed by atoms with Crippen LogP contribution >= 0.6 is 0 Å². The van der Waals surface area contributed by atoms with E-state index < -0.39 is 5.97 Å². The van der Waals surface area contributed by atoms with Crippen LogP contribution in [0, 0.1) is 0 Å². The molecule has 100 valence electrons. The zero-order valence-electron chi connectivity index (χ0n) is 10.8. The van der Waals surface area contributed by atoms with Crippen molar-refractivity contribution in [2.75, 3.05) is 7.05 Å². The standard InChI is InChI=1S/C11H18N4O3/c1-4-5-8(2)14(3)11(18)9-6-15(13-12-9)7-10(16)17/h6,8H,4-5,7H2,1-3H3,(H,16,17). The molecule has 18 heavy (non-hydrogen) atoms. The van der Waals surface area contributed by atoms with Gasteiger partial charge in [-0.15, -0.1) is 5.10 Å². The predicted octanol–water partition coefficient (Wildman–Crippen LogP) is 0.623. The van der Waals surface area contributed by atoms with Crippen LogP contribution in [0.3, 0.4) is 0 Å². The SMILES string of the molecule is CCCC(C)N(C)C(=O)c1cn(CC(=O)O)nn1. The Labute approximate surface area is 105 Å². The number of hydrogen-bond donors (Lipinski definition) is 1. The van der Waals surface area contributed by atoms with Gasteiger partial charge in [0.15, 0.2) is 5.69 Å². The summed E-state index contributed by atoms with van der Waals surface area (Å²) in [6.45, 7) is 3.72. The van der Waals surface area contributed by atoms with E-state index in [-0.39, 0.29) is 24.2 Å². The molecule has 0 bridgehead atoms. The molecule has 0 saturated carbocycles. The molecule has 0 aromatic carbocycles. The van der Waals surface area contributed by atoms with E-state index in [1.807, 2.05) is 6.92 Å². The van der Waals surface area contributed by atoms with Gasteiger partial charge in [0.2, 0.25) is 0 Å². The first kappa shape index (κ1) is 14.1. The number of hydrogen-bond acceptors (Lipinski definition) is 4. The monoisotopic (exact) mass is 254 g/mol. The molecule has 0 aliphatic heterocycles. The Morgan fingerprint density at radius 1 is 1.56 bits per heavy atom. The van der Waals surface area contributed by atoms with Crippen LogP contribution in [0.4, 0.5) is 0 Å². The fraction of sp³-hybridized carbons (Fsp3) is 0.636. The molecule has 0 spiro atoms. The van der Waals surface area contributed by atoms with Crippen molar-refractivity contribution in [1.82, 2.24) is 19.9 Å². The highest BCUT2D eigenvalue weighted by Gasteiger charge is 2.20. The quantitative estimate of drug-likeness (QED) is 0.804. The largest absolute Gasteiger partial charge is 0.480 e. The van der Waals surface area contributed by atoms with Crippen LogP contribution in [-0.4, -0.2) is 50.0 Å². The van der Waals surface area contributed by atoms with Gasteiger partial charge in [0, 0.05) is 13.1 Å². The van der Waals surface area contributed by atoms with Gasteiger partial charge in [-0.3, -0.25) is 9.59 Å². The number of carbonyl (C=O) groups excluding carboxylic acids is 1. The minimum Gasteiger partial charge on any atom is -0.480 e. The van der Waals surface area contributed by atoms with Gasteiger partial charge in [-0.2, -0.15) is 0 Å². The Balaban J connectivity index is 2.71. The summed E-state index contributed by atoms with van der Waals surface area (Å²) in [5, 5.41) is 15.9. The molecule has 1 heterocycles. The summed E-state index contributed by atoms with van der Waals surface area (Å²) in [7, 11) is 1.71. The van der Waals surface area contributed by atoms with Crippen LogP contribution in [0.2, 0.25) is 0 Å². The average molecular weight is 254 g/mol. The first-order valence-corrected chi connectivity index (χ1v) is 5.84. The van der Waals surface area contributed by atoms with E-state index in [1.165, 1.54) is 6.20 Å². The summed E-state index contributed by atoms with van der Waals surface area (Å²) < 4.78 is 1.13. The van der Waals surface area contributed by atoms with Crippen molar-refractivity contribution in [3.63, 3.8) is 0 Å². The molecular weight excluding hydrogens is 236 g/mol. The van der Waals surface area contributed by atoms with Gasteiger partial charge in [-0.25, -0.2) is 4.68 Å². The molecular formula is C11H18N4O3. The van der Waals surface area contributed by atoms with Gasteiger partial charge in [-0.05, 0) is 13.3 Å². The lowest BCUT2D eigenvalue weighted by molar-refractivity contribution is -0.137.